The molecule has 5 nitrogen and oxygen atoms in total. The number of amides is 2. The van der Waals surface area contributed by atoms with Gasteiger partial charge < -0.3 is 19.9 Å². The summed E-state index contributed by atoms with van der Waals surface area (Å²) < 4.78 is 18.9. The van der Waals surface area contributed by atoms with Crippen molar-refractivity contribution in [1.29, 1.82) is 0 Å². The second-order valence-electron chi connectivity index (χ2n) is 8.80. The Bertz CT molecular complexity index is 816. The molecule has 1 aliphatic rings. The summed E-state index contributed by atoms with van der Waals surface area (Å²) in [5.74, 6) is 1.05. The van der Waals surface area contributed by atoms with Gasteiger partial charge in [0.1, 0.15) is 11.6 Å². The molecular formula is C25H34FN3O2. The van der Waals surface area contributed by atoms with E-state index >= 15 is 0 Å². The van der Waals surface area contributed by atoms with Crippen LogP contribution in [0.3, 0.4) is 0 Å². The first-order valence-electron chi connectivity index (χ1n) is 11.1. The minimum Gasteiger partial charge on any atom is -0.493 e. The molecule has 3 rings (SSSR count). The molecule has 1 fully saturated rings. The van der Waals surface area contributed by atoms with Crippen molar-refractivity contribution in [3.63, 3.8) is 0 Å². The van der Waals surface area contributed by atoms with E-state index in [-0.39, 0.29) is 17.9 Å². The highest BCUT2D eigenvalue weighted by atomic mass is 19.1. The molecule has 0 spiro atoms. The van der Waals surface area contributed by atoms with Crippen molar-refractivity contribution in [2.45, 2.75) is 45.8 Å². The predicted octanol–water partition coefficient (Wildman–Crippen LogP) is 4.67. The Morgan fingerprint density at radius 2 is 1.71 bits per heavy atom. The number of hydrogen-bond acceptors (Lipinski definition) is 3. The molecule has 0 bridgehead atoms. The fourth-order valence-electron chi connectivity index (χ4n) is 3.71. The Morgan fingerprint density at radius 1 is 1.10 bits per heavy atom. The van der Waals surface area contributed by atoms with Crippen LogP contribution in [-0.4, -0.2) is 48.6 Å². The lowest BCUT2D eigenvalue weighted by atomic mass is 10.0. The van der Waals surface area contributed by atoms with Crippen LogP contribution < -0.4 is 10.1 Å². The SMILES string of the molecule is CC(C)COc1ccc(CN(C(=O)NCc2ccc(F)cc2)C2CCN(C)CC2)cc1. The average molecular weight is 428 g/mol. The van der Waals surface area contributed by atoms with Crippen molar-refractivity contribution < 1.29 is 13.9 Å². The second-order valence-corrected chi connectivity index (χ2v) is 8.80. The van der Waals surface area contributed by atoms with Crippen LogP contribution in [0, 0.1) is 11.7 Å². The predicted molar refractivity (Wildman–Crippen MR) is 121 cm³/mol. The summed E-state index contributed by atoms with van der Waals surface area (Å²) in [4.78, 5) is 17.4. The van der Waals surface area contributed by atoms with Gasteiger partial charge in [-0.05, 0) is 74.3 Å². The number of nitrogens with zero attached hydrogens (tertiary/aromatic N) is 2. The number of hydrogen-bond donors (Lipinski definition) is 1. The third kappa shape index (κ3) is 7.24. The minimum absolute atomic E-state index is 0.0842. The number of halogens is 1. The van der Waals surface area contributed by atoms with Gasteiger partial charge in [-0.25, -0.2) is 9.18 Å². The van der Waals surface area contributed by atoms with Gasteiger partial charge in [0.2, 0.25) is 0 Å². The highest BCUT2D eigenvalue weighted by molar-refractivity contribution is 5.74. The van der Waals surface area contributed by atoms with Crippen LogP contribution in [0.25, 0.3) is 0 Å². The van der Waals surface area contributed by atoms with Gasteiger partial charge in [-0.2, -0.15) is 0 Å². The van der Waals surface area contributed by atoms with Crippen molar-refractivity contribution in [3.05, 3.63) is 65.5 Å². The normalized spacial score (nSPS) is 15.1. The van der Waals surface area contributed by atoms with Gasteiger partial charge in [0.15, 0.2) is 0 Å². The summed E-state index contributed by atoms with van der Waals surface area (Å²) in [5, 5.41) is 3.02. The molecule has 1 N–H and O–H groups in total. The summed E-state index contributed by atoms with van der Waals surface area (Å²) in [7, 11) is 2.12. The van der Waals surface area contributed by atoms with E-state index in [1.165, 1.54) is 12.1 Å². The zero-order valence-electron chi connectivity index (χ0n) is 18.8. The lowest BCUT2D eigenvalue weighted by molar-refractivity contribution is 0.127. The Balaban J connectivity index is 1.65. The largest absolute Gasteiger partial charge is 0.493 e. The average Bonchev–Trinajstić information content (AvgIpc) is 2.77. The van der Waals surface area contributed by atoms with Gasteiger partial charge in [-0.15, -0.1) is 0 Å². The molecule has 2 amide bonds. The zero-order valence-corrected chi connectivity index (χ0v) is 18.8. The topological polar surface area (TPSA) is 44.8 Å². The van der Waals surface area contributed by atoms with Crippen LogP contribution in [0.1, 0.15) is 37.8 Å². The van der Waals surface area contributed by atoms with Crippen LogP contribution in [0.5, 0.6) is 5.75 Å². The van der Waals surface area contributed by atoms with Gasteiger partial charge in [-0.3, -0.25) is 0 Å². The molecule has 0 radical (unpaired) electrons. The molecule has 0 unspecified atom stereocenters. The standard InChI is InChI=1S/C25H34FN3O2/c1-19(2)18-31-24-10-6-21(7-11-24)17-29(23-12-14-28(3)15-13-23)25(30)27-16-20-4-8-22(26)9-5-20/h4-11,19,23H,12-18H2,1-3H3,(H,27,30). The molecule has 1 aliphatic heterocycles. The van der Waals surface area contributed by atoms with Crippen molar-refractivity contribution >= 4 is 6.03 Å². The lowest BCUT2D eigenvalue weighted by Gasteiger charge is -2.37. The summed E-state index contributed by atoms with van der Waals surface area (Å²) in [6.45, 7) is 7.82. The third-order valence-electron chi connectivity index (χ3n) is 5.61. The van der Waals surface area contributed by atoms with E-state index in [1.54, 1.807) is 12.1 Å². The van der Waals surface area contributed by atoms with E-state index in [4.69, 9.17) is 4.74 Å². The Labute approximate surface area is 185 Å². The zero-order chi connectivity index (χ0) is 22.2. The van der Waals surface area contributed by atoms with Gasteiger partial charge in [0, 0.05) is 19.1 Å². The molecule has 1 heterocycles. The van der Waals surface area contributed by atoms with Gasteiger partial charge >= 0.3 is 6.03 Å². The van der Waals surface area contributed by atoms with E-state index in [0.29, 0.717) is 25.6 Å². The van der Waals surface area contributed by atoms with Gasteiger partial charge in [0.25, 0.3) is 0 Å². The maximum Gasteiger partial charge on any atom is 0.318 e. The van der Waals surface area contributed by atoms with Crippen LogP contribution in [0.2, 0.25) is 0 Å². The quantitative estimate of drug-likeness (QED) is 0.666. The van der Waals surface area contributed by atoms with Crippen molar-refractivity contribution in [1.82, 2.24) is 15.1 Å². The Morgan fingerprint density at radius 3 is 2.32 bits per heavy atom. The number of carbonyl (C=O) groups excluding carboxylic acids is 1. The Kier molecular flexibility index (Phi) is 8.29. The number of likely N-dealkylation sites (tertiary alicyclic amines) is 1. The number of carbonyl (C=O) groups is 1. The number of urea groups is 1. The van der Waals surface area contributed by atoms with E-state index in [0.717, 1.165) is 42.8 Å². The molecule has 0 atom stereocenters. The maximum absolute atomic E-state index is 13.1. The second kappa shape index (κ2) is 11.1. The van der Waals surface area contributed by atoms with E-state index in [2.05, 4.69) is 31.1 Å². The molecular weight excluding hydrogens is 393 g/mol. The lowest BCUT2D eigenvalue weighted by Crippen LogP contribution is -2.49. The van der Waals surface area contributed by atoms with Crippen molar-refractivity contribution in [3.8, 4) is 5.75 Å². The first-order valence-corrected chi connectivity index (χ1v) is 11.1. The van der Waals surface area contributed by atoms with Gasteiger partial charge in [-0.1, -0.05) is 38.1 Å². The van der Waals surface area contributed by atoms with Crippen LogP contribution in [0.4, 0.5) is 9.18 Å². The summed E-state index contributed by atoms with van der Waals surface area (Å²) in [5.41, 5.74) is 1.96. The van der Waals surface area contributed by atoms with Gasteiger partial charge in [0.05, 0.1) is 6.61 Å². The first-order chi connectivity index (χ1) is 14.9. The summed E-state index contributed by atoms with van der Waals surface area (Å²) in [6.07, 6.45) is 1.91. The van der Waals surface area contributed by atoms with Crippen molar-refractivity contribution in [2.75, 3.05) is 26.7 Å². The summed E-state index contributed by atoms with van der Waals surface area (Å²) >= 11 is 0. The molecule has 6 heteroatoms. The number of benzene rings is 2. The molecule has 31 heavy (non-hydrogen) atoms. The highest BCUT2D eigenvalue weighted by Crippen LogP contribution is 2.21. The van der Waals surface area contributed by atoms with Crippen LogP contribution >= 0.6 is 0 Å². The molecule has 0 aliphatic carbocycles. The Hall–Kier alpha value is -2.60. The van der Waals surface area contributed by atoms with E-state index in [9.17, 15) is 9.18 Å². The van der Waals surface area contributed by atoms with Crippen LogP contribution in [-0.2, 0) is 13.1 Å². The first kappa shape index (κ1) is 23.1. The van der Waals surface area contributed by atoms with E-state index in [1.807, 2.05) is 29.2 Å². The molecule has 0 saturated carbocycles. The van der Waals surface area contributed by atoms with Crippen LogP contribution in [0.15, 0.2) is 48.5 Å². The highest BCUT2D eigenvalue weighted by Gasteiger charge is 2.27. The molecule has 0 aromatic heterocycles. The number of piperidine rings is 1. The number of ether oxygens (including phenoxy) is 1. The van der Waals surface area contributed by atoms with Crippen molar-refractivity contribution in [2.24, 2.45) is 5.92 Å². The molecule has 2 aromatic rings. The summed E-state index contributed by atoms with van der Waals surface area (Å²) in [6, 6.07) is 14.4. The number of nitrogens with one attached hydrogen (secondary N) is 1. The molecule has 1 saturated heterocycles. The third-order valence-corrected chi connectivity index (χ3v) is 5.61. The minimum atomic E-state index is -0.274. The monoisotopic (exact) mass is 427 g/mol. The molecule has 168 valence electrons. The fourth-order valence-corrected chi connectivity index (χ4v) is 3.71. The fraction of sp³-hybridized carbons (Fsp3) is 0.480. The maximum atomic E-state index is 13.1. The smallest absolute Gasteiger partial charge is 0.318 e. The van der Waals surface area contributed by atoms with E-state index < -0.39 is 0 Å². The number of rotatable bonds is 8. The molecule has 2 aromatic carbocycles.